The Bertz CT molecular complexity index is 1550. The van der Waals surface area contributed by atoms with Crippen LogP contribution in [0.15, 0.2) is 90.0 Å². The van der Waals surface area contributed by atoms with Crippen LogP contribution >= 0.6 is 0 Å². The maximum atomic E-state index is 14.2. The standard InChI is InChI=1S/C31H33N7O6/c1-21(39)37(20-26(27(40)41)35-29(43)33-17-22-9-5-3-6-10-22)38-28(42)31(2,25-15-13-23(14-16-25)18-34-32)36(30(38)44)19-24-11-7-4-8-12-24/h3-16,18,26H,17,19-20,32H2,1-2H3,(H,40,41)(H2,33,35,43)/t26-,31+/m0/s1. The zero-order valence-corrected chi connectivity index (χ0v) is 24.2. The molecule has 1 aliphatic heterocycles. The summed E-state index contributed by atoms with van der Waals surface area (Å²) >= 11 is 0. The van der Waals surface area contributed by atoms with Crippen molar-refractivity contribution in [2.24, 2.45) is 10.9 Å². The Morgan fingerprint density at radius 2 is 1.57 bits per heavy atom. The van der Waals surface area contributed by atoms with E-state index in [-0.39, 0.29) is 13.1 Å². The SMILES string of the molecule is CC(=O)N(C[C@H](NC(=O)NCc1ccccc1)C(=O)O)N1C(=O)N(Cc2ccccc2)[C@](C)(c2ccc(C=NN)cc2)C1=O. The second kappa shape index (κ2) is 13.5. The topological polar surface area (TPSA) is 178 Å². The van der Waals surface area contributed by atoms with Crippen molar-refractivity contribution in [3.63, 3.8) is 0 Å². The van der Waals surface area contributed by atoms with Gasteiger partial charge in [-0.3, -0.25) is 14.5 Å². The van der Waals surface area contributed by atoms with Crippen LogP contribution in [0.4, 0.5) is 9.59 Å². The van der Waals surface area contributed by atoms with E-state index in [1.165, 1.54) is 11.1 Å². The number of imide groups is 1. The van der Waals surface area contributed by atoms with Crippen molar-refractivity contribution < 1.29 is 29.1 Å². The Balaban J connectivity index is 1.64. The Morgan fingerprint density at radius 3 is 2.11 bits per heavy atom. The van der Waals surface area contributed by atoms with E-state index < -0.39 is 48.0 Å². The number of carboxylic acids is 1. The Morgan fingerprint density at radius 1 is 0.977 bits per heavy atom. The second-order valence-electron chi connectivity index (χ2n) is 10.2. The minimum absolute atomic E-state index is 0.0126. The molecule has 0 bridgehead atoms. The molecule has 1 fully saturated rings. The molecule has 0 spiro atoms. The Kier molecular flexibility index (Phi) is 9.58. The van der Waals surface area contributed by atoms with E-state index in [0.717, 1.165) is 23.1 Å². The van der Waals surface area contributed by atoms with Gasteiger partial charge in [0.1, 0.15) is 11.6 Å². The second-order valence-corrected chi connectivity index (χ2v) is 10.2. The maximum absolute atomic E-state index is 14.2. The number of carboxylic acid groups (broad SMARTS) is 1. The van der Waals surface area contributed by atoms with Gasteiger partial charge in [-0.15, -0.1) is 0 Å². The molecule has 6 amide bonds. The fourth-order valence-electron chi connectivity index (χ4n) is 4.87. The van der Waals surface area contributed by atoms with Crippen molar-refractivity contribution >= 4 is 36.1 Å². The highest BCUT2D eigenvalue weighted by atomic mass is 16.4. The average Bonchev–Trinajstić information content (AvgIpc) is 3.20. The third kappa shape index (κ3) is 6.67. The van der Waals surface area contributed by atoms with Crippen LogP contribution in [0, 0.1) is 0 Å². The number of benzene rings is 3. The zero-order chi connectivity index (χ0) is 31.9. The lowest BCUT2D eigenvalue weighted by atomic mass is 9.89. The number of carbonyl (C=O) groups excluding carboxylic acids is 4. The van der Waals surface area contributed by atoms with Gasteiger partial charge in [-0.1, -0.05) is 84.9 Å². The number of amides is 6. The van der Waals surface area contributed by atoms with E-state index in [9.17, 15) is 29.1 Å². The van der Waals surface area contributed by atoms with E-state index in [1.54, 1.807) is 79.7 Å². The zero-order valence-electron chi connectivity index (χ0n) is 24.2. The van der Waals surface area contributed by atoms with Gasteiger partial charge in [0.2, 0.25) is 5.91 Å². The molecule has 0 aromatic heterocycles. The molecule has 0 radical (unpaired) electrons. The van der Waals surface area contributed by atoms with Crippen LogP contribution < -0.4 is 16.5 Å². The number of hydrazone groups is 1. The van der Waals surface area contributed by atoms with Crippen molar-refractivity contribution in [1.82, 2.24) is 25.6 Å². The minimum Gasteiger partial charge on any atom is -0.480 e. The van der Waals surface area contributed by atoms with E-state index in [1.807, 2.05) is 12.1 Å². The molecule has 3 aromatic rings. The van der Waals surface area contributed by atoms with Crippen molar-refractivity contribution in [3.8, 4) is 0 Å². The highest BCUT2D eigenvalue weighted by Crippen LogP contribution is 2.39. The first-order chi connectivity index (χ1) is 21.1. The van der Waals surface area contributed by atoms with Gasteiger partial charge in [-0.25, -0.2) is 19.4 Å². The molecule has 1 saturated heterocycles. The summed E-state index contributed by atoms with van der Waals surface area (Å²) in [5.41, 5.74) is 1.03. The Labute approximate surface area is 253 Å². The normalized spacial score (nSPS) is 17.0. The molecule has 0 saturated carbocycles. The predicted molar refractivity (Wildman–Crippen MR) is 160 cm³/mol. The molecule has 5 N–H and O–H groups in total. The van der Waals surface area contributed by atoms with Gasteiger partial charge in [0.05, 0.1) is 12.8 Å². The number of carbonyl (C=O) groups is 5. The Hall–Kier alpha value is -5.72. The summed E-state index contributed by atoms with van der Waals surface area (Å²) in [6, 6.07) is 21.3. The van der Waals surface area contributed by atoms with Gasteiger partial charge < -0.3 is 21.6 Å². The van der Waals surface area contributed by atoms with Crippen LogP contribution in [-0.4, -0.2) is 68.7 Å². The number of nitrogens with one attached hydrogen (secondary N) is 2. The number of hydrogen-bond donors (Lipinski definition) is 4. The smallest absolute Gasteiger partial charge is 0.347 e. The lowest BCUT2D eigenvalue weighted by molar-refractivity contribution is -0.158. The van der Waals surface area contributed by atoms with Crippen LogP contribution in [0.25, 0.3) is 0 Å². The van der Waals surface area contributed by atoms with E-state index in [4.69, 9.17) is 5.84 Å². The summed E-state index contributed by atoms with van der Waals surface area (Å²) in [5, 5.41) is 19.7. The molecule has 3 aromatic carbocycles. The van der Waals surface area contributed by atoms with E-state index in [0.29, 0.717) is 16.1 Å². The highest BCUT2D eigenvalue weighted by molar-refractivity contribution is 6.08. The molecule has 2 atom stereocenters. The lowest BCUT2D eigenvalue weighted by Gasteiger charge is -2.32. The first-order valence-electron chi connectivity index (χ1n) is 13.7. The predicted octanol–water partition coefficient (Wildman–Crippen LogP) is 2.37. The number of nitrogens with two attached hydrogens (primary N) is 1. The third-order valence-electron chi connectivity index (χ3n) is 7.30. The molecule has 1 aliphatic rings. The number of urea groups is 2. The number of aliphatic carboxylic acids is 1. The number of hydrazine groups is 1. The number of hydrogen-bond acceptors (Lipinski definition) is 7. The van der Waals surface area contributed by atoms with Gasteiger partial charge in [0, 0.05) is 20.0 Å². The summed E-state index contributed by atoms with van der Waals surface area (Å²) < 4.78 is 0. The quantitative estimate of drug-likeness (QED) is 0.113. The molecule has 13 heteroatoms. The molecule has 0 aliphatic carbocycles. The van der Waals surface area contributed by atoms with Crippen LogP contribution in [0.1, 0.15) is 36.1 Å². The highest BCUT2D eigenvalue weighted by Gasteiger charge is 2.58. The molecular weight excluding hydrogens is 566 g/mol. The first-order valence-corrected chi connectivity index (χ1v) is 13.7. The minimum atomic E-state index is -1.65. The summed E-state index contributed by atoms with van der Waals surface area (Å²) in [6.45, 7) is 2.11. The molecule has 0 unspecified atom stereocenters. The van der Waals surface area contributed by atoms with Crippen molar-refractivity contribution in [3.05, 3.63) is 107 Å². The molecule has 1 heterocycles. The van der Waals surface area contributed by atoms with Crippen LogP contribution in [-0.2, 0) is 33.0 Å². The third-order valence-corrected chi connectivity index (χ3v) is 7.30. The summed E-state index contributed by atoms with van der Waals surface area (Å²) in [6.07, 6.45) is 1.42. The van der Waals surface area contributed by atoms with Gasteiger partial charge in [-0.05, 0) is 29.2 Å². The van der Waals surface area contributed by atoms with Gasteiger partial charge in [0.15, 0.2) is 0 Å². The van der Waals surface area contributed by atoms with Crippen LogP contribution in [0.2, 0.25) is 0 Å². The van der Waals surface area contributed by atoms with Gasteiger partial charge in [-0.2, -0.15) is 10.1 Å². The van der Waals surface area contributed by atoms with E-state index in [2.05, 4.69) is 15.7 Å². The summed E-state index contributed by atoms with van der Waals surface area (Å²) in [7, 11) is 0. The van der Waals surface area contributed by atoms with Crippen molar-refractivity contribution in [1.29, 1.82) is 0 Å². The molecular formula is C31H33N7O6. The molecule has 228 valence electrons. The largest absolute Gasteiger partial charge is 0.480 e. The average molecular weight is 600 g/mol. The van der Waals surface area contributed by atoms with Crippen molar-refractivity contribution in [2.45, 2.75) is 38.5 Å². The van der Waals surface area contributed by atoms with Crippen molar-refractivity contribution in [2.75, 3.05) is 6.54 Å². The fraction of sp³-hybridized carbons (Fsp3) is 0.226. The monoisotopic (exact) mass is 599 g/mol. The first kappa shape index (κ1) is 31.2. The summed E-state index contributed by atoms with van der Waals surface area (Å²) in [5.74, 6) is 2.24. The molecule has 13 nitrogen and oxygen atoms in total. The fourth-order valence-corrected chi connectivity index (χ4v) is 4.87. The molecule has 4 rings (SSSR count). The van der Waals surface area contributed by atoms with Crippen LogP contribution in [0.5, 0.6) is 0 Å². The summed E-state index contributed by atoms with van der Waals surface area (Å²) in [4.78, 5) is 67.2. The number of rotatable bonds is 11. The maximum Gasteiger partial charge on any atom is 0.347 e. The van der Waals surface area contributed by atoms with E-state index >= 15 is 0 Å². The van der Waals surface area contributed by atoms with Crippen LogP contribution in [0.3, 0.4) is 0 Å². The number of nitrogens with zero attached hydrogens (tertiary/aromatic N) is 4. The van der Waals surface area contributed by atoms with Gasteiger partial charge in [0.25, 0.3) is 5.91 Å². The molecule has 44 heavy (non-hydrogen) atoms. The lowest BCUT2D eigenvalue weighted by Crippen LogP contribution is -2.58. The van der Waals surface area contributed by atoms with Gasteiger partial charge >= 0.3 is 18.0 Å².